The first-order valence-corrected chi connectivity index (χ1v) is 9.62. The number of ketones is 1. The van der Waals surface area contributed by atoms with Crippen molar-refractivity contribution in [1.82, 2.24) is 0 Å². The van der Waals surface area contributed by atoms with Gasteiger partial charge < -0.3 is 19.9 Å². The number of amidine groups is 1. The maximum Gasteiger partial charge on any atom is 0.170 e. The molecule has 28 heavy (non-hydrogen) atoms. The topological polar surface area (TPSA) is 94.6 Å². The lowest BCUT2D eigenvalue weighted by Crippen LogP contribution is -2.17. The van der Waals surface area contributed by atoms with Crippen LogP contribution in [0.5, 0.6) is 17.2 Å². The minimum atomic E-state index is 0.0482. The van der Waals surface area contributed by atoms with Gasteiger partial charge in [-0.3, -0.25) is 10.2 Å². The molecule has 0 fully saturated rings. The third kappa shape index (κ3) is 4.63. The standard InChI is InChI=1S/C22H26N2O4/c1-2-17-20(10-9-18-19(25)11-14-28-21(17)18)27-13-4-3-12-26-16-7-5-15(6-8-16)22(23)24/h5-10H,2-4,11-14H2,1H3,(H3,23,24). The fourth-order valence-corrected chi connectivity index (χ4v) is 3.15. The highest BCUT2D eigenvalue weighted by atomic mass is 16.5. The molecule has 0 radical (unpaired) electrons. The average Bonchev–Trinajstić information content (AvgIpc) is 2.70. The molecule has 3 N–H and O–H groups in total. The highest BCUT2D eigenvalue weighted by molar-refractivity contribution is 6.00. The van der Waals surface area contributed by atoms with Gasteiger partial charge in [-0.15, -0.1) is 0 Å². The Labute approximate surface area is 165 Å². The Morgan fingerprint density at radius 2 is 1.82 bits per heavy atom. The van der Waals surface area contributed by atoms with Crippen LogP contribution in [0.3, 0.4) is 0 Å². The number of carbonyl (C=O) groups is 1. The van der Waals surface area contributed by atoms with Crippen molar-refractivity contribution in [2.75, 3.05) is 19.8 Å². The fraction of sp³-hybridized carbons (Fsp3) is 0.364. The van der Waals surface area contributed by atoms with Crippen LogP contribution in [0.25, 0.3) is 0 Å². The highest BCUT2D eigenvalue weighted by Crippen LogP contribution is 2.36. The summed E-state index contributed by atoms with van der Waals surface area (Å²) in [6, 6.07) is 10.9. The Bertz CT molecular complexity index is 846. The quantitative estimate of drug-likeness (QED) is 0.391. The van der Waals surface area contributed by atoms with Gasteiger partial charge in [-0.1, -0.05) is 6.92 Å². The minimum Gasteiger partial charge on any atom is -0.494 e. The van der Waals surface area contributed by atoms with E-state index in [1.165, 1.54) is 0 Å². The van der Waals surface area contributed by atoms with Crippen LogP contribution in [0.4, 0.5) is 0 Å². The van der Waals surface area contributed by atoms with E-state index in [-0.39, 0.29) is 11.6 Å². The van der Waals surface area contributed by atoms with Gasteiger partial charge in [-0.25, -0.2) is 0 Å². The van der Waals surface area contributed by atoms with Gasteiger partial charge in [-0.05, 0) is 55.7 Å². The van der Waals surface area contributed by atoms with Gasteiger partial charge in [0.25, 0.3) is 0 Å². The summed E-state index contributed by atoms with van der Waals surface area (Å²) in [5, 5.41) is 7.38. The molecule has 1 heterocycles. The molecule has 0 atom stereocenters. The second kappa shape index (κ2) is 9.26. The van der Waals surface area contributed by atoms with E-state index in [1.54, 1.807) is 18.2 Å². The molecule has 1 aliphatic rings. The number of rotatable bonds is 9. The molecule has 6 nitrogen and oxygen atoms in total. The number of hydrogen-bond acceptors (Lipinski definition) is 5. The van der Waals surface area contributed by atoms with Crippen LogP contribution < -0.4 is 19.9 Å². The maximum absolute atomic E-state index is 12.0. The zero-order chi connectivity index (χ0) is 19.9. The molecule has 1 aliphatic heterocycles. The smallest absolute Gasteiger partial charge is 0.170 e. The molecule has 2 aromatic rings. The summed E-state index contributed by atoms with van der Waals surface area (Å²) in [7, 11) is 0. The third-order valence-electron chi connectivity index (χ3n) is 4.68. The van der Waals surface area contributed by atoms with E-state index in [0.29, 0.717) is 43.1 Å². The van der Waals surface area contributed by atoms with Crippen LogP contribution in [0.1, 0.15) is 47.7 Å². The molecular formula is C22H26N2O4. The lowest BCUT2D eigenvalue weighted by molar-refractivity contribution is 0.0932. The molecule has 0 bridgehead atoms. The normalized spacial score (nSPS) is 12.8. The number of hydrogen-bond donors (Lipinski definition) is 2. The van der Waals surface area contributed by atoms with Crippen molar-refractivity contribution in [1.29, 1.82) is 5.41 Å². The second-order valence-corrected chi connectivity index (χ2v) is 6.64. The van der Waals surface area contributed by atoms with Crippen LogP contribution in [-0.2, 0) is 6.42 Å². The number of fused-ring (bicyclic) bond motifs is 1. The van der Waals surface area contributed by atoms with E-state index in [1.807, 2.05) is 25.1 Å². The lowest BCUT2D eigenvalue weighted by atomic mass is 9.99. The average molecular weight is 382 g/mol. The summed E-state index contributed by atoms with van der Waals surface area (Å²) in [5.74, 6) is 2.42. The predicted octanol–water partition coefficient (Wildman–Crippen LogP) is 3.74. The Morgan fingerprint density at radius 3 is 2.50 bits per heavy atom. The van der Waals surface area contributed by atoms with Gasteiger partial charge in [0.15, 0.2) is 5.78 Å². The second-order valence-electron chi connectivity index (χ2n) is 6.64. The lowest BCUT2D eigenvalue weighted by Gasteiger charge is -2.21. The van der Waals surface area contributed by atoms with Crippen molar-refractivity contribution in [3.63, 3.8) is 0 Å². The maximum atomic E-state index is 12.0. The third-order valence-corrected chi connectivity index (χ3v) is 4.68. The first-order valence-electron chi connectivity index (χ1n) is 9.62. The summed E-state index contributed by atoms with van der Waals surface area (Å²) in [4.78, 5) is 12.0. The number of benzene rings is 2. The summed E-state index contributed by atoms with van der Waals surface area (Å²) in [6.45, 7) is 3.64. The van der Waals surface area contributed by atoms with Crippen molar-refractivity contribution >= 4 is 11.6 Å². The van der Waals surface area contributed by atoms with E-state index in [0.717, 1.165) is 36.3 Å². The molecule has 2 aromatic carbocycles. The van der Waals surface area contributed by atoms with Gasteiger partial charge in [0.05, 0.1) is 25.4 Å². The van der Waals surface area contributed by atoms with E-state index < -0.39 is 0 Å². The van der Waals surface area contributed by atoms with Crippen LogP contribution in [-0.4, -0.2) is 31.4 Å². The molecule has 0 aliphatic carbocycles. The monoisotopic (exact) mass is 382 g/mol. The van der Waals surface area contributed by atoms with E-state index in [2.05, 4.69) is 0 Å². The molecule has 0 aromatic heterocycles. The molecule has 0 amide bonds. The zero-order valence-electron chi connectivity index (χ0n) is 16.1. The van der Waals surface area contributed by atoms with E-state index in [4.69, 9.17) is 25.4 Å². The Hall–Kier alpha value is -3.02. The molecule has 0 saturated carbocycles. The molecule has 0 spiro atoms. The summed E-state index contributed by atoms with van der Waals surface area (Å²) in [6.07, 6.45) is 2.90. The number of unbranched alkanes of at least 4 members (excludes halogenated alkanes) is 1. The predicted molar refractivity (Wildman–Crippen MR) is 108 cm³/mol. The van der Waals surface area contributed by atoms with E-state index in [9.17, 15) is 4.79 Å². The van der Waals surface area contributed by atoms with Gasteiger partial charge in [0, 0.05) is 17.5 Å². The molecule has 148 valence electrons. The zero-order valence-corrected chi connectivity index (χ0v) is 16.1. The summed E-state index contributed by atoms with van der Waals surface area (Å²) in [5.41, 5.74) is 7.75. The van der Waals surface area contributed by atoms with Crippen LogP contribution in [0, 0.1) is 5.41 Å². The first kappa shape index (κ1) is 19.7. The van der Waals surface area contributed by atoms with E-state index >= 15 is 0 Å². The number of ether oxygens (including phenoxy) is 3. The van der Waals surface area contributed by atoms with Crippen LogP contribution in [0.2, 0.25) is 0 Å². The first-order chi connectivity index (χ1) is 13.6. The number of nitrogens with two attached hydrogens (primary N) is 1. The minimum absolute atomic E-state index is 0.0482. The molecule has 0 saturated heterocycles. The van der Waals surface area contributed by atoms with Crippen molar-refractivity contribution in [2.24, 2.45) is 5.73 Å². The Balaban J connectivity index is 1.45. The molecular weight excluding hydrogens is 356 g/mol. The van der Waals surface area contributed by atoms with Crippen LogP contribution in [0.15, 0.2) is 36.4 Å². The molecule has 6 heteroatoms. The summed E-state index contributed by atoms with van der Waals surface area (Å²) >= 11 is 0. The molecule has 3 rings (SSSR count). The van der Waals surface area contributed by atoms with Gasteiger partial charge in [0.2, 0.25) is 0 Å². The van der Waals surface area contributed by atoms with Gasteiger partial charge in [0.1, 0.15) is 23.1 Å². The highest BCUT2D eigenvalue weighted by Gasteiger charge is 2.23. The van der Waals surface area contributed by atoms with Crippen molar-refractivity contribution in [3.8, 4) is 17.2 Å². The largest absolute Gasteiger partial charge is 0.494 e. The number of nitrogen functional groups attached to an aromatic ring is 1. The summed E-state index contributed by atoms with van der Waals surface area (Å²) < 4.78 is 17.4. The number of carbonyl (C=O) groups excluding carboxylic acids is 1. The van der Waals surface area contributed by atoms with Gasteiger partial charge in [-0.2, -0.15) is 0 Å². The van der Waals surface area contributed by atoms with Crippen molar-refractivity contribution in [2.45, 2.75) is 32.6 Å². The van der Waals surface area contributed by atoms with Crippen molar-refractivity contribution in [3.05, 3.63) is 53.1 Å². The van der Waals surface area contributed by atoms with Gasteiger partial charge >= 0.3 is 0 Å². The number of nitrogens with one attached hydrogen (secondary N) is 1. The Morgan fingerprint density at radius 1 is 1.11 bits per heavy atom. The molecule has 0 unspecified atom stereocenters. The van der Waals surface area contributed by atoms with Crippen LogP contribution >= 0.6 is 0 Å². The Kier molecular flexibility index (Phi) is 6.53. The SMILES string of the molecule is CCc1c(OCCCCOc2ccc(C(=N)N)cc2)ccc2c1OCCC2=O. The van der Waals surface area contributed by atoms with Crippen molar-refractivity contribution < 1.29 is 19.0 Å². The fourth-order valence-electron chi connectivity index (χ4n) is 3.15. The number of Topliss-reactive ketones (excluding diaryl/α,β-unsaturated/α-hetero) is 1.